The van der Waals surface area contributed by atoms with Crippen molar-refractivity contribution in [2.24, 2.45) is 5.73 Å². The number of hydrogen-bond acceptors (Lipinski definition) is 3. The van der Waals surface area contributed by atoms with Gasteiger partial charge in [-0.3, -0.25) is 0 Å². The van der Waals surface area contributed by atoms with Gasteiger partial charge in [-0.15, -0.1) is 0 Å². The van der Waals surface area contributed by atoms with Crippen molar-refractivity contribution in [3.05, 3.63) is 23.8 Å². The molecule has 12 heavy (non-hydrogen) atoms. The van der Waals surface area contributed by atoms with Gasteiger partial charge in [-0.05, 0) is 18.1 Å². The van der Waals surface area contributed by atoms with Crippen molar-refractivity contribution < 1.29 is 0 Å². The summed E-state index contributed by atoms with van der Waals surface area (Å²) in [6, 6.07) is 5.56. The molecule has 1 atom stereocenters. The lowest BCUT2D eigenvalue weighted by Crippen LogP contribution is -2.12. The molecule has 0 bridgehead atoms. The van der Waals surface area contributed by atoms with Crippen molar-refractivity contribution >= 4 is 11.4 Å². The second kappa shape index (κ2) is 3.45. The Hall–Kier alpha value is -1.22. The van der Waals surface area contributed by atoms with Crippen LogP contribution < -0.4 is 17.2 Å². The van der Waals surface area contributed by atoms with Crippen LogP contribution in [0.4, 0.5) is 11.4 Å². The number of rotatable bonds is 2. The molecule has 0 aliphatic heterocycles. The van der Waals surface area contributed by atoms with Gasteiger partial charge in [-0.1, -0.05) is 19.1 Å². The molecule has 6 N–H and O–H groups in total. The van der Waals surface area contributed by atoms with Crippen LogP contribution in [0.1, 0.15) is 24.9 Å². The van der Waals surface area contributed by atoms with Crippen LogP contribution in [-0.4, -0.2) is 0 Å². The molecule has 0 spiro atoms. The molecular weight excluding hydrogens is 150 g/mol. The lowest BCUT2D eigenvalue weighted by molar-refractivity contribution is 0.701. The third-order valence-electron chi connectivity index (χ3n) is 2.01. The van der Waals surface area contributed by atoms with Crippen LogP contribution in [0.5, 0.6) is 0 Å². The van der Waals surface area contributed by atoms with Crippen LogP contribution in [0.15, 0.2) is 18.2 Å². The molecule has 66 valence electrons. The second-order valence-electron chi connectivity index (χ2n) is 2.86. The predicted octanol–water partition coefficient (Wildman–Crippen LogP) is 1.26. The van der Waals surface area contributed by atoms with Crippen molar-refractivity contribution in [1.82, 2.24) is 0 Å². The van der Waals surface area contributed by atoms with E-state index in [0.717, 1.165) is 12.0 Å². The second-order valence-corrected chi connectivity index (χ2v) is 2.86. The third-order valence-corrected chi connectivity index (χ3v) is 2.01. The first kappa shape index (κ1) is 8.87. The third kappa shape index (κ3) is 1.51. The van der Waals surface area contributed by atoms with Crippen LogP contribution in [0.3, 0.4) is 0 Å². The first-order valence-corrected chi connectivity index (χ1v) is 4.06. The summed E-state index contributed by atoms with van der Waals surface area (Å²) >= 11 is 0. The van der Waals surface area contributed by atoms with Crippen molar-refractivity contribution in [1.29, 1.82) is 0 Å². The summed E-state index contributed by atoms with van der Waals surface area (Å²) in [5.41, 5.74) is 19.4. The molecule has 1 aromatic carbocycles. The lowest BCUT2D eigenvalue weighted by Gasteiger charge is -2.13. The monoisotopic (exact) mass is 165 g/mol. The Morgan fingerprint density at radius 1 is 1.33 bits per heavy atom. The average Bonchev–Trinajstić information content (AvgIpc) is 2.08. The normalized spacial score (nSPS) is 12.8. The van der Waals surface area contributed by atoms with Crippen molar-refractivity contribution in [2.75, 3.05) is 11.5 Å². The fraction of sp³-hybridized carbons (Fsp3) is 0.333. The molecule has 1 rings (SSSR count). The molecule has 0 fully saturated rings. The molecule has 0 radical (unpaired) electrons. The van der Waals surface area contributed by atoms with Gasteiger partial charge in [0.25, 0.3) is 0 Å². The quantitative estimate of drug-likeness (QED) is 0.577. The van der Waals surface area contributed by atoms with Crippen LogP contribution in [0.25, 0.3) is 0 Å². The number of hydrogen-bond donors (Lipinski definition) is 3. The van der Waals surface area contributed by atoms with E-state index in [1.165, 1.54) is 0 Å². The van der Waals surface area contributed by atoms with E-state index >= 15 is 0 Å². The predicted molar refractivity (Wildman–Crippen MR) is 52.5 cm³/mol. The summed E-state index contributed by atoms with van der Waals surface area (Å²) in [5, 5.41) is 0. The van der Waals surface area contributed by atoms with E-state index in [9.17, 15) is 0 Å². The van der Waals surface area contributed by atoms with Gasteiger partial charge in [0.2, 0.25) is 0 Å². The highest BCUT2D eigenvalue weighted by Crippen LogP contribution is 2.25. The molecule has 0 aromatic heterocycles. The van der Waals surface area contributed by atoms with Crippen LogP contribution in [0, 0.1) is 0 Å². The molecule has 0 unspecified atom stereocenters. The summed E-state index contributed by atoms with van der Waals surface area (Å²) in [5.74, 6) is 0. The molecule has 0 saturated heterocycles. The molecule has 1 aromatic rings. The minimum Gasteiger partial charge on any atom is -0.397 e. The fourth-order valence-corrected chi connectivity index (χ4v) is 1.14. The molecule has 0 aliphatic rings. The average molecular weight is 165 g/mol. The van der Waals surface area contributed by atoms with Crippen LogP contribution in [0.2, 0.25) is 0 Å². The lowest BCUT2D eigenvalue weighted by atomic mass is 10.0. The molecule has 0 heterocycles. The maximum Gasteiger partial charge on any atom is 0.0596 e. The molecule has 3 heteroatoms. The van der Waals surface area contributed by atoms with Crippen LogP contribution in [-0.2, 0) is 0 Å². The van der Waals surface area contributed by atoms with Gasteiger partial charge in [0.05, 0.1) is 11.4 Å². The Labute approximate surface area is 72.5 Å². The van der Waals surface area contributed by atoms with E-state index in [1.54, 1.807) is 6.07 Å². The van der Waals surface area contributed by atoms with Gasteiger partial charge >= 0.3 is 0 Å². The van der Waals surface area contributed by atoms with Gasteiger partial charge in [0, 0.05) is 6.04 Å². The van der Waals surface area contributed by atoms with Crippen molar-refractivity contribution in [3.8, 4) is 0 Å². The Kier molecular flexibility index (Phi) is 2.55. The summed E-state index contributed by atoms with van der Waals surface area (Å²) in [4.78, 5) is 0. The Morgan fingerprint density at radius 3 is 2.58 bits per heavy atom. The van der Waals surface area contributed by atoms with Gasteiger partial charge in [-0.2, -0.15) is 0 Å². The summed E-state index contributed by atoms with van der Waals surface area (Å²) in [7, 11) is 0. The van der Waals surface area contributed by atoms with E-state index in [-0.39, 0.29) is 6.04 Å². The first-order chi connectivity index (χ1) is 5.66. The Morgan fingerprint density at radius 2 is 2.00 bits per heavy atom. The van der Waals surface area contributed by atoms with E-state index in [4.69, 9.17) is 17.2 Å². The largest absolute Gasteiger partial charge is 0.397 e. The summed E-state index contributed by atoms with van der Waals surface area (Å²) in [6.07, 6.45) is 0.869. The zero-order valence-electron chi connectivity index (χ0n) is 7.25. The number of anilines is 2. The molecular formula is C9H15N3. The summed E-state index contributed by atoms with van der Waals surface area (Å²) < 4.78 is 0. The highest BCUT2D eigenvalue weighted by Gasteiger charge is 2.08. The van der Waals surface area contributed by atoms with E-state index in [1.807, 2.05) is 19.1 Å². The zero-order valence-corrected chi connectivity index (χ0v) is 7.25. The number of nitrogens with two attached hydrogens (primary N) is 3. The topological polar surface area (TPSA) is 78.1 Å². The maximum absolute atomic E-state index is 5.83. The van der Waals surface area contributed by atoms with E-state index in [2.05, 4.69) is 0 Å². The Bertz CT molecular complexity index is 270. The maximum atomic E-state index is 5.83. The molecule has 3 nitrogen and oxygen atoms in total. The molecule has 0 aliphatic carbocycles. The fourth-order valence-electron chi connectivity index (χ4n) is 1.14. The zero-order chi connectivity index (χ0) is 9.14. The van der Waals surface area contributed by atoms with Gasteiger partial charge in [0.15, 0.2) is 0 Å². The van der Waals surface area contributed by atoms with Crippen molar-refractivity contribution in [3.63, 3.8) is 0 Å². The summed E-state index contributed by atoms with van der Waals surface area (Å²) in [6.45, 7) is 2.02. The van der Waals surface area contributed by atoms with Crippen molar-refractivity contribution in [2.45, 2.75) is 19.4 Å². The minimum atomic E-state index is -0.00602. The number of benzene rings is 1. The van der Waals surface area contributed by atoms with E-state index in [0.29, 0.717) is 11.4 Å². The number of nitrogen functional groups attached to an aromatic ring is 2. The minimum absolute atomic E-state index is 0.00602. The molecule has 0 saturated carbocycles. The van der Waals surface area contributed by atoms with E-state index < -0.39 is 0 Å². The van der Waals surface area contributed by atoms with Gasteiger partial charge < -0.3 is 17.2 Å². The van der Waals surface area contributed by atoms with Gasteiger partial charge in [0.1, 0.15) is 0 Å². The number of para-hydroxylation sites is 1. The highest BCUT2D eigenvalue weighted by atomic mass is 14.7. The standard InChI is InChI=1S/C9H15N3/c1-2-7(10)6-4-3-5-8(11)9(6)12/h3-5,7H,2,10-12H2,1H3/t7-/m0/s1. The first-order valence-electron chi connectivity index (χ1n) is 4.06. The highest BCUT2D eigenvalue weighted by molar-refractivity contribution is 5.67. The molecule has 0 amide bonds. The van der Waals surface area contributed by atoms with Gasteiger partial charge in [-0.25, -0.2) is 0 Å². The smallest absolute Gasteiger partial charge is 0.0596 e. The SMILES string of the molecule is CC[C@H](N)c1cccc(N)c1N. The Balaban J connectivity index is 3.07. The van der Waals surface area contributed by atoms with Crippen LogP contribution >= 0.6 is 0 Å².